The Hall–Kier alpha value is -1.80. The van der Waals surface area contributed by atoms with Crippen LogP contribution in [0.4, 0.5) is 0 Å². The van der Waals surface area contributed by atoms with E-state index >= 15 is 0 Å². The van der Waals surface area contributed by atoms with Gasteiger partial charge in [-0.05, 0) is 43.5 Å². The topological polar surface area (TPSA) is 21.3 Å². The molecule has 110 valence electrons. The Morgan fingerprint density at radius 3 is 2.38 bits per heavy atom. The molecule has 0 amide bonds. The Morgan fingerprint density at radius 1 is 0.952 bits per heavy atom. The molecule has 1 unspecified atom stereocenters. The lowest BCUT2D eigenvalue weighted by Crippen LogP contribution is -2.22. The van der Waals surface area contributed by atoms with Crippen LogP contribution in [0, 0.1) is 6.92 Å². The minimum atomic E-state index is 0.326. The van der Waals surface area contributed by atoms with Gasteiger partial charge >= 0.3 is 0 Å². The highest BCUT2D eigenvalue weighted by Crippen LogP contribution is 2.29. The number of nitrogens with one attached hydrogen (secondary N) is 1. The predicted molar refractivity (Wildman–Crippen MR) is 86.8 cm³/mol. The Kier molecular flexibility index (Phi) is 3.98. The normalized spacial score (nSPS) is 16.1. The van der Waals surface area contributed by atoms with Crippen LogP contribution in [-0.4, -0.2) is 6.61 Å². The van der Waals surface area contributed by atoms with E-state index in [1.165, 1.54) is 22.3 Å². The van der Waals surface area contributed by atoms with Crippen LogP contribution in [-0.2, 0) is 6.42 Å². The highest BCUT2D eigenvalue weighted by molar-refractivity contribution is 5.40. The summed E-state index contributed by atoms with van der Waals surface area (Å²) >= 11 is 0. The van der Waals surface area contributed by atoms with Crippen LogP contribution in [0.1, 0.15) is 48.2 Å². The SMILES string of the molecule is Cc1ccc([C@@H](C)NC(C)c2ccc3c(c2)CCO3)cc1. The number of rotatable bonds is 4. The van der Waals surface area contributed by atoms with Gasteiger partial charge in [0.2, 0.25) is 0 Å². The molecule has 2 aromatic carbocycles. The molecule has 1 aliphatic heterocycles. The maximum atomic E-state index is 5.57. The first-order valence-corrected chi connectivity index (χ1v) is 7.72. The van der Waals surface area contributed by atoms with Crippen LogP contribution in [0.5, 0.6) is 5.75 Å². The van der Waals surface area contributed by atoms with Crippen molar-refractivity contribution in [3.63, 3.8) is 0 Å². The first-order chi connectivity index (χ1) is 10.1. The summed E-state index contributed by atoms with van der Waals surface area (Å²) in [5.74, 6) is 1.05. The summed E-state index contributed by atoms with van der Waals surface area (Å²) in [4.78, 5) is 0. The third-order valence-corrected chi connectivity index (χ3v) is 4.29. The molecule has 2 heteroatoms. The lowest BCUT2D eigenvalue weighted by Gasteiger charge is -2.21. The van der Waals surface area contributed by atoms with Gasteiger partial charge in [-0.25, -0.2) is 0 Å². The average Bonchev–Trinajstić information content (AvgIpc) is 2.95. The number of benzene rings is 2. The van der Waals surface area contributed by atoms with E-state index in [-0.39, 0.29) is 0 Å². The van der Waals surface area contributed by atoms with Gasteiger partial charge < -0.3 is 10.1 Å². The zero-order valence-electron chi connectivity index (χ0n) is 13.0. The second kappa shape index (κ2) is 5.90. The summed E-state index contributed by atoms with van der Waals surface area (Å²) in [6.45, 7) is 7.39. The van der Waals surface area contributed by atoms with E-state index in [0.29, 0.717) is 12.1 Å². The molecule has 0 saturated carbocycles. The molecule has 2 aromatic rings. The predicted octanol–water partition coefficient (Wildman–Crippen LogP) is 4.34. The van der Waals surface area contributed by atoms with Crippen molar-refractivity contribution in [3.8, 4) is 5.75 Å². The van der Waals surface area contributed by atoms with Crippen molar-refractivity contribution < 1.29 is 4.74 Å². The van der Waals surface area contributed by atoms with Crippen LogP contribution in [0.25, 0.3) is 0 Å². The Balaban J connectivity index is 1.70. The molecule has 0 aromatic heterocycles. The maximum absolute atomic E-state index is 5.57. The van der Waals surface area contributed by atoms with Crippen molar-refractivity contribution in [2.45, 2.75) is 39.3 Å². The molecule has 21 heavy (non-hydrogen) atoms. The van der Waals surface area contributed by atoms with Gasteiger partial charge in [-0.3, -0.25) is 0 Å². The van der Waals surface area contributed by atoms with E-state index in [1.54, 1.807) is 0 Å². The van der Waals surface area contributed by atoms with Crippen molar-refractivity contribution in [2.24, 2.45) is 0 Å². The lowest BCUT2D eigenvalue weighted by molar-refractivity contribution is 0.356. The van der Waals surface area contributed by atoms with E-state index in [4.69, 9.17) is 4.74 Å². The Labute approximate surface area is 127 Å². The van der Waals surface area contributed by atoms with Crippen LogP contribution in [0.15, 0.2) is 42.5 Å². The van der Waals surface area contributed by atoms with E-state index in [1.807, 2.05) is 0 Å². The molecule has 0 bridgehead atoms. The Bertz CT molecular complexity index is 618. The van der Waals surface area contributed by atoms with Crippen molar-refractivity contribution in [1.29, 1.82) is 0 Å². The number of hydrogen-bond acceptors (Lipinski definition) is 2. The maximum Gasteiger partial charge on any atom is 0.122 e. The molecule has 2 nitrogen and oxygen atoms in total. The highest BCUT2D eigenvalue weighted by atomic mass is 16.5. The smallest absolute Gasteiger partial charge is 0.122 e. The molecule has 0 spiro atoms. The number of ether oxygens (including phenoxy) is 1. The molecule has 0 fully saturated rings. The van der Waals surface area contributed by atoms with Gasteiger partial charge in [-0.2, -0.15) is 0 Å². The van der Waals surface area contributed by atoms with Crippen molar-refractivity contribution >= 4 is 0 Å². The highest BCUT2D eigenvalue weighted by Gasteiger charge is 2.16. The summed E-state index contributed by atoms with van der Waals surface area (Å²) in [6, 6.07) is 16.0. The summed E-state index contributed by atoms with van der Waals surface area (Å²) in [6.07, 6.45) is 1.03. The number of aryl methyl sites for hydroxylation is 1. The molecule has 0 aliphatic carbocycles. The molecular formula is C19H23NO. The second-order valence-corrected chi connectivity index (χ2v) is 5.99. The minimum Gasteiger partial charge on any atom is -0.493 e. The Morgan fingerprint density at radius 2 is 1.62 bits per heavy atom. The molecular weight excluding hydrogens is 258 g/mol. The lowest BCUT2D eigenvalue weighted by atomic mass is 10.0. The molecule has 1 heterocycles. The van der Waals surface area contributed by atoms with Crippen LogP contribution in [0.3, 0.4) is 0 Å². The minimum absolute atomic E-state index is 0.326. The quantitative estimate of drug-likeness (QED) is 0.900. The van der Waals surface area contributed by atoms with Gasteiger partial charge in [-0.15, -0.1) is 0 Å². The zero-order valence-corrected chi connectivity index (χ0v) is 13.0. The first kappa shape index (κ1) is 14.2. The molecule has 1 aliphatic rings. The van der Waals surface area contributed by atoms with Gasteiger partial charge in [0.1, 0.15) is 5.75 Å². The van der Waals surface area contributed by atoms with Crippen LogP contribution in [0.2, 0.25) is 0 Å². The summed E-state index contributed by atoms with van der Waals surface area (Å²) in [7, 11) is 0. The second-order valence-electron chi connectivity index (χ2n) is 5.99. The third-order valence-electron chi connectivity index (χ3n) is 4.29. The molecule has 3 rings (SSSR count). The molecule has 1 N–H and O–H groups in total. The van der Waals surface area contributed by atoms with E-state index in [9.17, 15) is 0 Å². The molecule has 2 atom stereocenters. The van der Waals surface area contributed by atoms with Crippen molar-refractivity contribution in [2.75, 3.05) is 6.61 Å². The first-order valence-electron chi connectivity index (χ1n) is 7.72. The van der Waals surface area contributed by atoms with E-state index < -0.39 is 0 Å². The van der Waals surface area contributed by atoms with Crippen LogP contribution < -0.4 is 10.1 Å². The summed E-state index contributed by atoms with van der Waals surface area (Å²) < 4.78 is 5.57. The zero-order chi connectivity index (χ0) is 14.8. The fourth-order valence-electron chi connectivity index (χ4n) is 2.90. The monoisotopic (exact) mass is 281 g/mol. The van der Waals surface area contributed by atoms with Crippen molar-refractivity contribution in [1.82, 2.24) is 5.32 Å². The van der Waals surface area contributed by atoms with Crippen LogP contribution >= 0.6 is 0 Å². The third kappa shape index (κ3) is 3.11. The van der Waals surface area contributed by atoms with Crippen molar-refractivity contribution in [3.05, 3.63) is 64.7 Å². The largest absolute Gasteiger partial charge is 0.493 e. The average molecular weight is 281 g/mol. The van der Waals surface area contributed by atoms with Gasteiger partial charge in [-0.1, -0.05) is 42.0 Å². The van der Waals surface area contributed by atoms with E-state index in [0.717, 1.165) is 18.8 Å². The fourth-order valence-corrected chi connectivity index (χ4v) is 2.90. The molecule has 0 saturated heterocycles. The van der Waals surface area contributed by atoms with E-state index in [2.05, 4.69) is 68.6 Å². The van der Waals surface area contributed by atoms with Gasteiger partial charge in [0.15, 0.2) is 0 Å². The van der Waals surface area contributed by atoms with Gasteiger partial charge in [0.05, 0.1) is 6.61 Å². The van der Waals surface area contributed by atoms with Gasteiger partial charge in [0, 0.05) is 18.5 Å². The fraction of sp³-hybridized carbons (Fsp3) is 0.368. The standard InChI is InChI=1S/C19H23NO/c1-13-4-6-16(7-5-13)14(2)20-15(3)17-8-9-19-18(12-17)10-11-21-19/h4-9,12,14-15,20H,10-11H2,1-3H3/t14-,15?/m1/s1. The summed E-state index contributed by atoms with van der Waals surface area (Å²) in [5, 5.41) is 3.68. The van der Waals surface area contributed by atoms with Gasteiger partial charge in [0.25, 0.3) is 0 Å². The molecule has 0 radical (unpaired) electrons. The number of fused-ring (bicyclic) bond motifs is 1. The summed E-state index contributed by atoms with van der Waals surface area (Å²) in [5.41, 5.74) is 5.30. The number of hydrogen-bond donors (Lipinski definition) is 1.